The van der Waals surface area contributed by atoms with Crippen LogP contribution in [-0.2, 0) is 9.53 Å². The third-order valence-electron chi connectivity index (χ3n) is 6.58. The number of nitrogens with zero attached hydrogens (tertiary/aromatic N) is 3. The predicted octanol–water partition coefficient (Wildman–Crippen LogP) is 2.92. The molecule has 0 aromatic heterocycles. The van der Waals surface area contributed by atoms with E-state index in [4.69, 9.17) is 4.74 Å². The van der Waals surface area contributed by atoms with Crippen LogP contribution in [0.15, 0.2) is 48.5 Å². The summed E-state index contributed by atoms with van der Waals surface area (Å²) >= 11 is 0. The molecule has 32 heavy (non-hydrogen) atoms. The molecule has 0 aliphatic carbocycles. The number of benzene rings is 2. The van der Waals surface area contributed by atoms with Crippen LogP contribution in [0.1, 0.15) is 40.4 Å². The molecule has 0 spiro atoms. The maximum absolute atomic E-state index is 14.0. The summed E-state index contributed by atoms with van der Waals surface area (Å²) in [6, 6.07) is 13.0. The fourth-order valence-corrected chi connectivity index (χ4v) is 4.81. The van der Waals surface area contributed by atoms with E-state index in [0.29, 0.717) is 31.8 Å². The van der Waals surface area contributed by atoms with Gasteiger partial charge < -0.3 is 19.4 Å². The summed E-state index contributed by atoms with van der Waals surface area (Å²) in [5.41, 5.74) is 2.03. The van der Waals surface area contributed by atoms with Crippen LogP contribution in [-0.4, -0.2) is 79.5 Å². The van der Waals surface area contributed by atoms with Crippen molar-refractivity contribution in [2.45, 2.75) is 18.9 Å². The van der Waals surface area contributed by atoms with Crippen LogP contribution in [0.4, 0.5) is 4.39 Å². The standard InChI is InChI=1S/C25H30FN3O3/c1-3-27-12-14-28(15-13-27)25(31)22-20-6-4-5-7-21(20)24(30)29(16-17-32-2)23(22)18-8-10-19(26)11-9-18/h4-11,22-23H,3,12-17H2,1-2H3. The quantitative estimate of drug-likeness (QED) is 0.695. The lowest BCUT2D eigenvalue weighted by molar-refractivity contribution is -0.136. The minimum absolute atomic E-state index is 0.0115. The number of carbonyl (C=O) groups excluding carboxylic acids is 2. The van der Waals surface area contributed by atoms with Gasteiger partial charge in [-0.1, -0.05) is 37.3 Å². The molecule has 0 radical (unpaired) electrons. The van der Waals surface area contributed by atoms with Gasteiger partial charge in [0.25, 0.3) is 5.91 Å². The SMILES string of the molecule is CCN1CCN(C(=O)C2c3ccccc3C(=O)N(CCOC)C2c2ccc(F)cc2)CC1. The van der Waals surface area contributed by atoms with Gasteiger partial charge in [0.1, 0.15) is 5.82 Å². The van der Waals surface area contributed by atoms with Crippen LogP contribution in [0.2, 0.25) is 0 Å². The molecular weight excluding hydrogens is 409 g/mol. The number of rotatable bonds is 6. The molecule has 0 saturated carbocycles. The predicted molar refractivity (Wildman–Crippen MR) is 120 cm³/mol. The molecule has 0 bridgehead atoms. The second-order valence-electron chi connectivity index (χ2n) is 8.31. The number of fused-ring (bicyclic) bond motifs is 1. The second kappa shape index (κ2) is 9.79. The summed E-state index contributed by atoms with van der Waals surface area (Å²) in [6.45, 7) is 6.78. The van der Waals surface area contributed by atoms with Crippen molar-refractivity contribution in [1.82, 2.24) is 14.7 Å². The summed E-state index contributed by atoms with van der Waals surface area (Å²) in [6.07, 6.45) is 0. The highest BCUT2D eigenvalue weighted by Gasteiger charge is 2.45. The van der Waals surface area contributed by atoms with E-state index in [0.717, 1.165) is 30.8 Å². The third-order valence-corrected chi connectivity index (χ3v) is 6.58. The molecule has 2 amide bonds. The molecule has 2 atom stereocenters. The van der Waals surface area contributed by atoms with Crippen LogP contribution >= 0.6 is 0 Å². The first-order chi connectivity index (χ1) is 15.5. The molecular formula is C25H30FN3O3. The van der Waals surface area contributed by atoms with Crippen molar-refractivity contribution >= 4 is 11.8 Å². The molecule has 2 aromatic rings. The van der Waals surface area contributed by atoms with Crippen molar-refractivity contribution in [3.63, 3.8) is 0 Å². The van der Waals surface area contributed by atoms with E-state index >= 15 is 0 Å². The van der Waals surface area contributed by atoms with Crippen LogP contribution < -0.4 is 0 Å². The van der Waals surface area contributed by atoms with Gasteiger partial charge in [-0.05, 0) is 35.9 Å². The van der Waals surface area contributed by atoms with Crippen molar-refractivity contribution in [3.8, 4) is 0 Å². The highest BCUT2D eigenvalue weighted by Crippen LogP contribution is 2.43. The average Bonchev–Trinajstić information content (AvgIpc) is 2.83. The molecule has 2 heterocycles. The lowest BCUT2D eigenvalue weighted by atomic mass is 9.78. The van der Waals surface area contributed by atoms with E-state index in [-0.39, 0.29) is 17.6 Å². The lowest BCUT2D eigenvalue weighted by Gasteiger charge is -2.44. The molecule has 1 fully saturated rings. The number of piperazine rings is 1. The number of amides is 2. The third kappa shape index (κ3) is 4.27. The van der Waals surface area contributed by atoms with Crippen molar-refractivity contribution in [3.05, 3.63) is 71.0 Å². The van der Waals surface area contributed by atoms with Crippen molar-refractivity contribution < 1.29 is 18.7 Å². The van der Waals surface area contributed by atoms with Gasteiger partial charge >= 0.3 is 0 Å². The highest BCUT2D eigenvalue weighted by atomic mass is 19.1. The Morgan fingerprint density at radius 1 is 1.06 bits per heavy atom. The number of ether oxygens (including phenoxy) is 1. The minimum Gasteiger partial charge on any atom is -0.383 e. The number of methoxy groups -OCH3 is 1. The summed E-state index contributed by atoms with van der Waals surface area (Å²) < 4.78 is 19.0. The second-order valence-corrected chi connectivity index (χ2v) is 8.31. The van der Waals surface area contributed by atoms with Crippen LogP contribution in [0.25, 0.3) is 0 Å². The number of hydrogen-bond acceptors (Lipinski definition) is 4. The van der Waals surface area contributed by atoms with Crippen molar-refractivity contribution in [2.75, 3.05) is 53.0 Å². The smallest absolute Gasteiger partial charge is 0.254 e. The van der Waals surface area contributed by atoms with Gasteiger partial charge in [0, 0.05) is 45.4 Å². The zero-order chi connectivity index (χ0) is 22.7. The maximum Gasteiger partial charge on any atom is 0.254 e. The van der Waals surface area contributed by atoms with E-state index < -0.39 is 12.0 Å². The zero-order valence-electron chi connectivity index (χ0n) is 18.7. The zero-order valence-corrected chi connectivity index (χ0v) is 18.7. The lowest BCUT2D eigenvalue weighted by Crippen LogP contribution is -2.53. The summed E-state index contributed by atoms with van der Waals surface area (Å²) in [4.78, 5) is 33.4. The molecule has 0 N–H and O–H groups in total. The van der Waals surface area contributed by atoms with Gasteiger partial charge in [-0.25, -0.2) is 4.39 Å². The maximum atomic E-state index is 14.0. The minimum atomic E-state index is -0.556. The summed E-state index contributed by atoms with van der Waals surface area (Å²) in [5.74, 6) is -1.03. The van der Waals surface area contributed by atoms with E-state index in [2.05, 4.69) is 11.8 Å². The normalized spacial score (nSPS) is 21.5. The van der Waals surface area contributed by atoms with Gasteiger partial charge in [0.05, 0.1) is 18.6 Å². The fourth-order valence-electron chi connectivity index (χ4n) is 4.81. The molecule has 7 heteroatoms. The van der Waals surface area contributed by atoms with E-state index in [9.17, 15) is 14.0 Å². The Bertz CT molecular complexity index is 957. The first kappa shape index (κ1) is 22.4. The van der Waals surface area contributed by atoms with Crippen LogP contribution in [0, 0.1) is 5.82 Å². The molecule has 2 aliphatic heterocycles. The van der Waals surface area contributed by atoms with Gasteiger partial charge in [0.15, 0.2) is 0 Å². The Morgan fingerprint density at radius 3 is 2.41 bits per heavy atom. The van der Waals surface area contributed by atoms with Crippen LogP contribution in [0.3, 0.4) is 0 Å². The largest absolute Gasteiger partial charge is 0.383 e. The molecule has 2 aliphatic rings. The monoisotopic (exact) mass is 439 g/mol. The molecule has 2 unspecified atom stereocenters. The van der Waals surface area contributed by atoms with Gasteiger partial charge in [0.2, 0.25) is 5.91 Å². The van der Waals surface area contributed by atoms with Crippen molar-refractivity contribution in [1.29, 1.82) is 0 Å². The van der Waals surface area contributed by atoms with Gasteiger partial charge in [-0.15, -0.1) is 0 Å². The van der Waals surface area contributed by atoms with E-state index in [1.165, 1.54) is 12.1 Å². The molecule has 1 saturated heterocycles. The number of hydrogen-bond donors (Lipinski definition) is 0. The van der Waals surface area contributed by atoms with Crippen LogP contribution in [0.5, 0.6) is 0 Å². The van der Waals surface area contributed by atoms with Gasteiger partial charge in [-0.3, -0.25) is 9.59 Å². The Hall–Kier alpha value is -2.77. The fraction of sp³-hybridized carbons (Fsp3) is 0.440. The Morgan fingerprint density at radius 2 is 1.75 bits per heavy atom. The molecule has 6 nitrogen and oxygen atoms in total. The molecule has 170 valence electrons. The average molecular weight is 440 g/mol. The first-order valence-corrected chi connectivity index (χ1v) is 11.2. The summed E-state index contributed by atoms with van der Waals surface area (Å²) in [5, 5.41) is 0. The van der Waals surface area contributed by atoms with E-state index in [1.54, 1.807) is 30.2 Å². The van der Waals surface area contributed by atoms with Gasteiger partial charge in [-0.2, -0.15) is 0 Å². The topological polar surface area (TPSA) is 53.1 Å². The van der Waals surface area contributed by atoms with E-state index in [1.807, 2.05) is 23.1 Å². The number of halogens is 1. The summed E-state index contributed by atoms with van der Waals surface area (Å²) in [7, 11) is 1.59. The molecule has 4 rings (SSSR count). The number of carbonyl (C=O) groups is 2. The Balaban J connectivity index is 1.78. The Labute approximate surface area is 188 Å². The first-order valence-electron chi connectivity index (χ1n) is 11.2. The molecule has 2 aromatic carbocycles. The highest BCUT2D eigenvalue weighted by molar-refractivity contribution is 6.01. The van der Waals surface area contributed by atoms with Crippen molar-refractivity contribution in [2.24, 2.45) is 0 Å². The number of likely N-dealkylation sites (N-methyl/N-ethyl adjacent to an activating group) is 1. The Kier molecular flexibility index (Phi) is 6.86.